The standard InChI is InChI=1S/C23H24F3N3O4S/c1-15(30)29-20-10-9-17(34(32,33)28-11-5-2-6-12-28)13-16(20)14-21(29)22(31)27-19-8-4-3-7-18(19)23(24,25)26/h3-4,7-10,13,21H,2,5-6,11-12,14H2,1H3,(H,27,31)/t21-/m1/s1. The minimum absolute atomic E-state index is 0.0156. The molecule has 34 heavy (non-hydrogen) atoms. The minimum atomic E-state index is -4.67. The second-order valence-electron chi connectivity index (χ2n) is 8.40. The molecule has 4 rings (SSSR count). The van der Waals surface area contributed by atoms with Gasteiger partial charge in [-0.3, -0.25) is 14.5 Å². The van der Waals surface area contributed by atoms with Gasteiger partial charge in [0.25, 0.3) is 0 Å². The number of fused-ring (bicyclic) bond motifs is 1. The van der Waals surface area contributed by atoms with E-state index in [2.05, 4.69) is 5.32 Å². The van der Waals surface area contributed by atoms with Gasteiger partial charge in [-0.25, -0.2) is 8.42 Å². The first-order valence-electron chi connectivity index (χ1n) is 10.9. The summed E-state index contributed by atoms with van der Waals surface area (Å²) in [7, 11) is -3.73. The lowest BCUT2D eigenvalue weighted by molar-refractivity contribution is -0.137. The summed E-state index contributed by atoms with van der Waals surface area (Å²) >= 11 is 0. The highest BCUT2D eigenvalue weighted by Crippen LogP contribution is 2.37. The molecule has 182 valence electrons. The van der Waals surface area contributed by atoms with Crippen LogP contribution in [0, 0.1) is 0 Å². The molecule has 0 radical (unpaired) electrons. The molecule has 1 fully saturated rings. The second kappa shape index (κ2) is 9.03. The Balaban J connectivity index is 1.62. The number of carbonyl (C=O) groups is 2. The fraction of sp³-hybridized carbons (Fsp3) is 0.391. The van der Waals surface area contributed by atoms with Crippen LogP contribution in [0.5, 0.6) is 0 Å². The van der Waals surface area contributed by atoms with Crippen LogP contribution in [0.25, 0.3) is 0 Å². The zero-order valence-electron chi connectivity index (χ0n) is 18.4. The summed E-state index contributed by atoms with van der Waals surface area (Å²) in [5, 5.41) is 2.30. The summed E-state index contributed by atoms with van der Waals surface area (Å²) in [6.45, 7) is 2.11. The molecule has 0 spiro atoms. The third kappa shape index (κ3) is 4.54. The highest BCUT2D eigenvalue weighted by molar-refractivity contribution is 7.89. The van der Waals surface area contributed by atoms with Crippen molar-refractivity contribution in [2.24, 2.45) is 0 Å². The van der Waals surface area contributed by atoms with E-state index >= 15 is 0 Å². The smallest absolute Gasteiger partial charge is 0.324 e. The van der Waals surface area contributed by atoms with Crippen LogP contribution in [-0.4, -0.2) is 43.7 Å². The number of hydrogen-bond donors (Lipinski definition) is 1. The Bertz CT molecular complexity index is 1220. The van der Waals surface area contributed by atoms with Crippen molar-refractivity contribution in [3.63, 3.8) is 0 Å². The molecular weight excluding hydrogens is 471 g/mol. The molecule has 7 nitrogen and oxygen atoms in total. The molecule has 0 aromatic heterocycles. The third-order valence-corrected chi connectivity index (χ3v) is 8.02. The Labute approximate surface area is 195 Å². The topological polar surface area (TPSA) is 86.8 Å². The van der Waals surface area contributed by atoms with E-state index in [0.717, 1.165) is 31.4 Å². The van der Waals surface area contributed by atoms with Crippen LogP contribution < -0.4 is 10.2 Å². The lowest BCUT2D eigenvalue weighted by Crippen LogP contribution is -2.44. The third-order valence-electron chi connectivity index (χ3n) is 6.12. The molecule has 2 aromatic rings. The van der Waals surface area contributed by atoms with Crippen molar-refractivity contribution in [1.82, 2.24) is 4.31 Å². The second-order valence-corrected chi connectivity index (χ2v) is 10.3. The first-order valence-corrected chi connectivity index (χ1v) is 12.3. The van der Waals surface area contributed by atoms with E-state index in [4.69, 9.17) is 0 Å². The van der Waals surface area contributed by atoms with Crippen LogP contribution >= 0.6 is 0 Å². The fourth-order valence-corrected chi connectivity index (χ4v) is 6.07. The number of sulfonamides is 1. The van der Waals surface area contributed by atoms with E-state index in [-0.39, 0.29) is 11.3 Å². The number of nitrogens with one attached hydrogen (secondary N) is 1. The zero-order chi connectivity index (χ0) is 24.7. The fourth-order valence-electron chi connectivity index (χ4n) is 4.50. The van der Waals surface area contributed by atoms with Crippen LogP contribution in [0.15, 0.2) is 47.4 Å². The van der Waals surface area contributed by atoms with Crippen LogP contribution in [0.2, 0.25) is 0 Å². The number of nitrogens with zero attached hydrogens (tertiary/aromatic N) is 2. The number of alkyl halides is 3. The molecule has 1 atom stereocenters. The van der Waals surface area contributed by atoms with Gasteiger partial charge in [0.2, 0.25) is 21.8 Å². The number of amides is 2. The summed E-state index contributed by atoms with van der Waals surface area (Å²) in [5.41, 5.74) is -0.567. The predicted molar refractivity (Wildman–Crippen MR) is 120 cm³/mol. The Morgan fingerprint density at radius 1 is 1.03 bits per heavy atom. The van der Waals surface area contributed by atoms with Gasteiger partial charge in [-0.1, -0.05) is 18.6 Å². The number of anilines is 2. The average Bonchev–Trinajstić information content (AvgIpc) is 3.18. The molecule has 1 N–H and O–H groups in total. The first-order chi connectivity index (χ1) is 16.0. The number of piperidine rings is 1. The Morgan fingerprint density at radius 2 is 1.71 bits per heavy atom. The summed E-state index contributed by atoms with van der Waals surface area (Å²) < 4.78 is 67.5. The maximum Gasteiger partial charge on any atom is 0.418 e. The lowest BCUT2D eigenvalue weighted by atomic mass is 10.1. The lowest BCUT2D eigenvalue weighted by Gasteiger charge is -2.26. The Hall–Kier alpha value is -2.92. The summed E-state index contributed by atoms with van der Waals surface area (Å²) in [5.74, 6) is -1.27. The number of benzene rings is 2. The first kappa shape index (κ1) is 24.2. The molecule has 0 saturated carbocycles. The van der Waals surface area contributed by atoms with Crippen molar-refractivity contribution < 1.29 is 31.2 Å². The van der Waals surface area contributed by atoms with Crippen molar-refractivity contribution in [2.75, 3.05) is 23.3 Å². The highest BCUT2D eigenvalue weighted by atomic mass is 32.2. The van der Waals surface area contributed by atoms with Crippen molar-refractivity contribution in [1.29, 1.82) is 0 Å². The number of para-hydroxylation sites is 1. The van der Waals surface area contributed by atoms with Crippen LogP contribution in [0.1, 0.15) is 37.3 Å². The van der Waals surface area contributed by atoms with Gasteiger partial charge in [0, 0.05) is 32.1 Å². The monoisotopic (exact) mass is 495 g/mol. The van der Waals surface area contributed by atoms with E-state index in [0.29, 0.717) is 24.3 Å². The van der Waals surface area contributed by atoms with Crippen molar-refractivity contribution in [3.05, 3.63) is 53.6 Å². The van der Waals surface area contributed by atoms with Crippen molar-refractivity contribution in [3.8, 4) is 0 Å². The largest absolute Gasteiger partial charge is 0.418 e. The normalized spacial score (nSPS) is 19.1. The molecule has 2 aliphatic rings. The highest BCUT2D eigenvalue weighted by Gasteiger charge is 2.40. The van der Waals surface area contributed by atoms with E-state index in [9.17, 15) is 31.2 Å². The Kier molecular flexibility index (Phi) is 6.43. The van der Waals surface area contributed by atoms with E-state index in [1.54, 1.807) is 0 Å². The number of hydrogen-bond acceptors (Lipinski definition) is 4. The molecule has 0 unspecified atom stereocenters. The minimum Gasteiger partial charge on any atom is -0.324 e. The van der Waals surface area contributed by atoms with Crippen molar-refractivity contribution >= 4 is 33.2 Å². The molecule has 2 aromatic carbocycles. The summed E-state index contributed by atoms with van der Waals surface area (Å²) in [6, 6.07) is 7.81. The van der Waals surface area contributed by atoms with Crippen LogP contribution in [0.3, 0.4) is 0 Å². The summed E-state index contributed by atoms with van der Waals surface area (Å²) in [6.07, 6.45) is -2.15. The molecule has 0 aliphatic carbocycles. The van der Waals surface area contributed by atoms with Gasteiger partial charge in [0.15, 0.2) is 0 Å². The number of carbonyl (C=O) groups excluding carboxylic acids is 2. The molecule has 2 amide bonds. The van der Waals surface area contributed by atoms with E-state index in [1.807, 2.05) is 0 Å². The van der Waals surface area contributed by atoms with Crippen molar-refractivity contribution in [2.45, 2.75) is 49.7 Å². The van der Waals surface area contributed by atoms with Gasteiger partial charge in [0.1, 0.15) is 6.04 Å². The Morgan fingerprint density at radius 3 is 2.35 bits per heavy atom. The van der Waals surface area contributed by atoms with Gasteiger partial charge in [-0.05, 0) is 48.7 Å². The van der Waals surface area contributed by atoms with Gasteiger partial charge < -0.3 is 5.32 Å². The van der Waals surface area contributed by atoms with Crippen LogP contribution in [0.4, 0.5) is 24.5 Å². The molecule has 2 heterocycles. The molecule has 11 heteroatoms. The zero-order valence-corrected chi connectivity index (χ0v) is 19.2. The van der Waals surface area contributed by atoms with Crippen LogP contribution in [-0.2, 0) is 32.2 Å². The predicted octanol–water partition coefficient (Wildman–Crippen LogP) is 3.80. The van der Waals surface area contributed by atoms with E-state index < -0.39 is 45.3 Å². The van der Waals surface area contributed by atoms with Gasteiger partial charge in [-0.2, -0.15) is 17.5 Å². The SMILES string of the molecule is CC(=O)N1c2ccc(S(=O)(=O)N3CCCCC3)cc2C[C@@H]1C(=O)Nc1ccccc1C(F)(F)F. The number of rotatable bonds is 4. The van der Waals surface area contributed by atoms with Gasteiger partial charge >= 0.3 is 6.18 Å². The number of halogens is 3. The average molecular weight is 496 g/mol. The molecular formula is C23H24F3N3O4S. The molecule has 0 bridgehead atoms. The quantitative estimate of drug-likeness (QED) is 0.699. The van der Waals surface area contributed by atoms with Gasteiger partial charge in [-0.15, -0.1) is 0 Å². The van der Waals surface area contributed by atoms with E-state index in [1.165, 1.54) is 46.5 Å². The summed E-state index contributed by atoms with van der Waals surface area (Å²) in [4.78, 5) is 26.6. The molecule has 1 saturated heterocycles. The maximum atomic E-state index is 13.3. The van der Waals surface area contributed by atoms with Gasteiger partial charge in [0.05, 0.1) is 16.1 Å². The molecule has 2 aliphatic heterocycles. The maximum absolute atomic E-state index is 13.3.